The van der Waals surface area contributed by atoms with E-state index in [0.29, 0.717) is 24.1 Å². The van der Waals surface area contributed by atoms with Gasteiger partial charge in [0.25, 0.3) is 0 Å². The molecule has 1 N–H and O–H groups in total. The van der Waals surface area contributed by atoms with Gasteiger partial charge >= 0.3 is 5.97 Å². The molecule has 0 bridgehead atoms. The lowest BCUT2D eigenvalue weighted by molar-refractivity contribution is -0.120. The molecule has 0 unspecified atom stereocenters. The van der Waals surface area contributed by atoms with Gasteiger partial charge in [0.1, 0.15) is 10.7 Å². The van der Waals surface area contributed by atoms with Gasteiger partial charge in [-0.25, -0.2) is 17.6 Å². The Kier molecular flexibility index (Phi) is 7.18. The molecule has 2 aliphatic rings. The van der Waals surface area contributed by atoms with E-state index in [4.69, 9.17) is 4.74 Å². The van der Waals surface area contributed by atoms with Gasteiger partial charge in [0.2, 0.25) is 15.9 Å². The Bertz CT molecular complexity index is 1170. The SMILES string of the molecule is COC(=O)c1ccc(N2CCCC2)c(NC(=O)C2CCN(S(=O)(=O)c3ccccc3F)CC2)c1. The molecule has 1 amide bonds. The van der Waals surface area contributed by atoms with Gasteiger partial charge in [-0.3, -0.25) is 4.79 Å². The normalized spacial score (nSPS) is 17.5. The van der Waals surface area contributed by atoms with Crippen LogP contribution in [0.2, 0.25) is 0 Å². The summed E-state index contributed by atoms with van der Waals surface area (Å²) in [7, 11) is -2.66. The summed E-state index contributed by atoms with van der Waals surface area (Å²) in [5.74, 6) is -1.91. The van der Waals surface area contributed by atoms with E-state index < -0.39 is 27.7 Å². The summed E-state index contributed by atoms with van der Waals surface area (Å²) in [6.07, 6.45) is 2.74. The number of sulfonamides is 1. The number of esters is 1. The Morgan fingerprint density at radius 3 is 2.35 bits per heavy atom. The predicted molar refractivity (Wildman–Crippen MR) is 126 cm³/mol. The highest BCUT2D eigenvalue weighted by Gasteiger charge is 2.34. The lowest BCUT2D eigenvalue weighted by Crippen LogP contribution is -2.41. The van der Waals surface area contributed by atoms with Crippen molar-refractivity contribution in [2.75, 3.05) is 43.5 Å². The number of benzene rings is 2. The number of piperidine rings is 1. The monoisotopic (exact) mass is 489 g/mol. The molecule has 2 aromatic rings. The van der Waals surface area contributed by atoms with Gasteiger partial charge < -0.3 is 15.0 Å². The van der Waals surface area contributed by atoms with Crippen LogP contribution in [-0.2, 0) is 19.6 Å². The number of anilines is 2. The van der Waals surface area contributed by atoms with Crippen LogP contribution in [-0.4, -0.2) is 57.9 Å². The second kappa shape index (κ2) is 10.1. The average molecular weight is 490 g/mol. The maximum absolute atomic E-state index is 14.1. The molecule has 10 heteroatoms. The third kappa shape index (κ3) is 4.92. The molecule has 34 heavy (non-hydrogen) atoms. The van der Waals surface area contributed by atoms with E-state index in [1.807, 2.05) is 6.07 Å². The van der Waals surface area contributed by atoms with Gasteiger partial charge in [0.15, 0.2) is 0 Å². The van der Waals surface area contributed by atoms with E-state index >= 15 is 0 Å². The lowest BCUT2D eigenvalue weighted by Gasteiger charge is -2.31. The standard InChI is InChI=1S/C24H28FN3O5S/c1-33-24(30)18-8-9-21(27-12-4-5-13-27)20(16-18)26-23(29)17-10-14-28(15-11-17)34(31,32)22-7-3-2-6-19(22)25/h2-3,6-9,16-17H,4-5,10-15H2,1H3,(H,26,29). The first kappa shape index (κ1) is 24.2. The van der Waals surface area contributed by atoms with E-state index in [2.05, 4.69) is 10.2 Å². The van der Waals surface area contributed by atoms with Gasteiger partial charge in [-0.2, -0.15) is 4.31 Å². The number of carbonyl (C=O) groups excluding carboxylic acids is 2. The van der Waals surface area contributed by atoms with Crippen molar-refractivity contribution in [2.24, 2.45) is 5.92 Å². The molecule has 2 fully saturated rings. The van der Waals surface area contributed by atoms with Crippen LogP contribution in [0.5, 0.6) is 0 Å². The third-order valence-electron chi connectivity index (χ3n) is 6.40. The molecular weight excluding hydrogens is 461 g/mol. The number of hydrogen-bond acceptors (Lipinski definition) is 6. The Balaban J connectivity index is 1.47. The van der Waals surface area contributed by atoms with Crippen molar-refractivity contribution in [3.63, 3.8) is 0 Å². The molecule has 0 radical (unpaired) electrons. The minimum atomic E-state index is -3.97. The summed E-state index contributed by atoms with van der Waals surface area (Å²) < 4.78 is 45.8. The summed E-state index contributed by atoms with van der Waals surface area (Å²) in [4.78, 5) is 26.9. The Hall–Kier alpha value is -2.98. The van der Waals surface area contributed by atoms with Gasteiger partial charge in [-0.05, 0) is 56.0 Å². The number of amides is 1. The summed E-state index contributed by atoms with van der Waals surface area (Å²) >= 11 is 0. The fraction of sp³-hybridized carbons (Fsp3) is 0.417. The maximum atomic E-state index is 14.1. The number of carbonyl (C=O) groups is 2. The van der Waals surface area contributed by atoms with Crippen molar-refractivity contribution in [2.45, 2.75) is 30.6 Å². The molecule has 4 rings (SSSR count). The molecule has 2 aliphatic heterocycles. The fourth-order valence-electron chi connectivity index (χ4n) is 4.50. The largest absolute Gasteiger partial charge is 0.465 e. The van der Waals surface area contributed by atoms with Gasteiger partial charge in [0.05, 0.1) is 24.0 Å². The van der Waals surface area contributed by atoms with Crippen molar-refractivity contribution in [3.8, 4) is 0 Å². The summed E-state index contributed by atoms with van der Waals surface area (Å²) in [5, 5.41) is 2.95. The molecule has 0 aliphatic carbocycles. The topological polar surface area (TPSA) is 96.0 Å². The Morgan fingerprint density at radius 2 is 1.71 bits per heavy atom. The van der Waals surface area contributed by atoms with Crippen LogP contribution in [0.4, 0.5) is 15.8 Å². The van der Waals surface area contributed by atoms with Gasteiger partial charge in [-0.1, -0.05) is 12.1 Å². The van der Waals surface area contributed by atoms with Crippen molar-refractivity contribution in [1.29, 1.82) is 0 Å². The smallest absolute Gasteiger partial charge is 0.337 e. The highest BCUT2D eigenvalue weighted by Crippen LogP contribution is 2.32. The Labute approximate surface area is 198 Å². The molecule has 0 atom stereocenters. The van der Waals surface area contributed by atoms with Crippen LogP contribution in [0.1, 0.15) is 36.0 Å². The number of nitrogens with one attached hydrogen (secondary N) is 1. The lowest BCUT2D eigenvalue weighted by atomic mass is 9.97. The summed E-state index contributed by atoms with van der Waals surface area (Å²) in [6.45, 7) is 1.98. The van der Waals surface area contributed by atoms with Crippen molar-refractivity contribution in [1.82, 2.24) is 4.31 Å². The zero-order valence-corrected chi connectivity index (χ0v) is 19.8. The molecule has 0 aromatic heterocycles. The van der Waals surface area contributed by atoms with Crippen LogP contribution in [0, 0.1) is 11.7 Å². The Morgan fingerprint density at radius 1 is 1.03 bits per heavy atom. The number of rotatable bonds is 6. The highest BCUT2D eigenvalue weighted by atomic mass is 32.2. The first-order valence-corrected chi connectivity index (χ1v) is 12.8. The minimum Gasteiger partial charge on any atom is -0.465 e. The fourth-order valence-corrected chi connectivity index (χ4v) is 6.04. The zero-order valence-electron chi connectivity index (χ0n) is 19.0. The van der Waals surface area contributed by atoms with Crippen LogP contribution < -0.4 is 10.2 Å². The van der Waals surface area contributed by atoms with Crippen LogP contribution in [0.15, 0.2) is 47.4 Å². The first-order chi connectivity index (χ1) is 16.3. The highest BCUT2D eigenvalue weighted by molar-refractivity contribution is 7.89. The van der Waals surface area contributed by atoms with E-state index in [9.17, 15) is 22.4 Å². The van der Waals surface area contributed by atoms with E-state index in [0.717, 1.165) is 37.7 Å². The number of methoxy groups -OCH3 is 1. The molecule has 2 heterocycles. The van der Waals surface area contributed by atoms with Crippen LogP contribution in [0.3, 0.4) is 0 Å². The van der Waals surface area contributed by atoms with Crippen LogP contribution in [0.25, 0.3) is 0 Å². The number of halogens is 1. The predicted octanol–water partition coefficient (Wildman–Crippen LogP) is 3.25. The third-order valence-corrected chi connectivity index (χ3v) is 8.33. The van der Waals surface area contributed by atoms with Crippen LogP contribution >= 0.6 is 0 Å². The van der Waals surface area contributed by atoms with Crippen molar-refractivity contribution < 1.29 is 27.1 Å². The van der Waals surface area contributed by atoms with Gasteiger partial charge in [-0.15, -0.1) is 0 Å². The quantitative estimate of drug-likeness (QED) is 0.626. The van der Waals surface area contributed by atoms with Crippen molar-refractivity contribution >= 4 is 33.3 Å². The molecule has 2 saturated heterocycles. The summed E-state index contributed by atoms with van der Waals surface area (Å²) in [6, 6.07) is 10.4. The number of hydrogen-bond donors (Lipinski definition) is 1. The average Bonchev–Trinajstić information content (AvgIpc) is 3.38. The number of nitrogens with zero attached hydrogens (tertiary/aromatic N) is 2. The second-order valence-electron chi connectivity index (χ2n) is 8.52. The summed E-state index contributed by atoms with van der Waals surface area (Å²) in [5.41, 5.74) is 1.72. The molecule has 8 nitrogen and oxygen atoms in total. The van der Waals surface area contributed by atoms with E-state index in [1.54, 1.807) is 12.1 Å². The molecule has 0 spiro atoms. The number of ether oxygens (including phenoxy) is 1. The minimum absolute atomic E-state index is 0.121. The van der Waals surface area contributed by atoms with Crippen molar-refractivity contribution in [3.05, 3.63) is 53.8 Å². The maximum Gasteiger partial charge on any atom is 0.337 e. The van der Waals surface area contributed by atoms with E-state index in [1.165, 1.54) is 29.6 Å². The molecule has 182 valence electrons. The first-order valence-electron chi connectivity index (χ1n) is 11.3. The molecular formula is C24H28FN3O5S. The van der Waals surface area contributed by atoms with Gasteiger partial charge in [0, 0.05) is 32.1 Å². The molecule has 2 aromatic carbocycles. The molecule has 0 saturated carbocycles. The zero-order chi connectivity index (χ0) is 24.3. The second-order valence-corrected chi connectivity index (χ2v) is 10.4. The van der Waals surface area contributed by atoms with E-state index in [-0.39, 0.29) is 23.9 Å².